The van der Waals surface area contributed by atoms with Gasteiger partial charge in [-0.3, -0.25) is 9.78 Å². The Kier molecular flexibility index (Phi) is 5.62. The SMILES string of the molecule is Cc1ccccc1CSCC(=O)NCc1cccnc1. The van der Waals surface area contributed by atoms with Crippen molar-refractivity contribution in [1.29, 1.82) is 0 Å². The fourth-order valence-electron chi connectivity index (χ4n) is 1.78. The van der Waals surface area contributed by atoms with Crippen molar-refractivity contribution in [3.63, 3.8) is 0 Å². The van der Waals surface area contributed by atoms with Gasteiger partial charge in [0.1, 0.15) is 0 Å². The minimum Gasteiger partial charge on any atom is -0.351 e. The quantitative estimate of drug-likeness (QED) is 0.887. The average molecular weight is 286 g/mol. The van der Waals surface area contributed by atoms with Crippen molar-refractivity contribution >= 4 is 17.7 Å². The maximum Gasteiger partial charge on any atom is 0.230 e. The lowest BCUT2D eigenvalue weighted by molar-refractivity contribution is -0.118. The van der Waals surface area contributed by atoms with Gasteiger partial charge in [0.15, 0.2) is 0 Å². The number of rotatable bonds is 6. The molecule has 0 unspecified atom stereocenters. The maximum absolute atomic E-state index is 11.7. The zero-order valence-corrected chi connectivity index (χ0v) is 12.3. The van der Waals surface area contributed by atoms with Crippen LogP contribution in [-0.4, -0.2) is 16.6 Å². The first-order valence-electron chi connectivity index (χ1n) is 6.53. The van der Waals surface area contributed by atoms with Crippen molar-refractivity contribution in [3.8, 4) is 0 Å². The largest absolute Gasteiger partial charge is 0.351 e. The van der Waals surface area contributed by atoms with Crippen LogP contribution in [0.4, 0.5) is 0 Å². The first-order valence-corrected chi connectivity index (χ1v) is 7.69. The number of aryl methyl sites for hydroxylation is 1. The molecule has 2 rings (SSSR count). The molecule has 0 aliphatic rings. The minimum absolute atomic E-state index is 0.0624. The van der Waals surface area contributed by atoms with Crippen LogP contribution in [-0.2, 0) is 17.1 Å². The van der Waals surface area contributed by atoms with Crippen molar-refractivity contribution in [2.75, 3.05) is 5.75 Å². The molecule has 0 fully saturated rings. The lowest BCUT2D eigenvalue weighted by Crippen LogP contribution is -2.24. The van der Waals surface area contributed by atoms with Gasteiger partial charge in [0.25, 0.3) is 0 Å². The molecule has 1 aromatic heterocycles. The molecule has 104 valence electrons. The van der Waals surface area contributed by atoms with E-state index in [0.717, 1.165) is 11.3 Å². The van der Waals surface area contributed by atoms with Crippen LogP contribution in [0, 0.1) is 6.92 Å². The molecule has 0 radical (unpaired) electrons. The van der Waals surface area contributed by atoms with E-state index in [9.17, 15) is 4.79 Å². The van der Waals surface area contributed by atoms with Crippen LogP contribution in [0.15, 0.2) is 48.8 Å². The highest BCUT2D eigenvalue weighted by Crippen LogP contribution is 2.15. The number of amides is 1. The van der Waals surface area contributed by atoms with Crippen LogP contribution in [0.25, 0.3) is 0 Å². The predicted octanol–water partition coefficient (Wildman–Crippen LogP) is 2.94. The Morgan fingerprint density at radius 3 is 2.85 bits per heavy atom. The Balaban J connectivity index is 1.69. The summed E-state index contributed by atoms with van der Waals surface area (Å²) in [5, 5.41) is 2.90. The number of carbonyl (C=O) groups excluding carboxylic acids is 1. The van der Waals surface area contributed by atoms with Gasteiger partial charge in [0.2, 0.25) is 5.91 Å². The second-order valence-corrected chi connectivity index (χ2v) is 5.54. The number of benzene rings is 1. The van der Waals surface area contributed by atoms with Crippen LogP contribution < -0.4 is 5.32 Å². The van der Waals surface area contributed by atoms with E-state index in [0.29, 0.717) is 12.3 Å². The minimum atomic E-state index is 0.0624. The van der Waals surface area contributed by atoms with Crippen LogP contribution in [0.5, 0.6) is 0 Å². The van der Waals surface area contributed by atoms with E-state index in [4.69, 9.17) is 0 Å². The lowest BCUT2D eigenvalue weighted by atomic mass is 10.1. The molecule has 0 bridgehead atoms. The third-order valence-corrected chi connectivity index (χ3v) is 3.95. The molecule has 3 nitrogen and oxygen atoms in total. The number of pyridine rings is 1. The second kappa shape index (κ2) is 7.70. The summed E-state index contributed by atoms with van der Waals surface area (Å²) in [6.07, 6.45) is 3.49. The summed E-state index contributed by atoms with van der Waals surface area (Å²) in [5.41, 5.74) is 3.58. The highest BCUT2D eigenvalue weighted by Gasteiger charge is 2.03. The summed E-state index contributed by atoms with van der Waals surface area (Å²) in [5.74, 6) is 1.41. The van der Waals surface area contributed by atoms with Crippen molar-refractivity contribution in [1.82, 2.24) is 10.3 Å². The number of nitrogens with zero attached hydrogens (tertiary/aromatic N) is 1. The molecule has 0 saturated heterocycles. The van der Waals surface area contributed by atoms with E-state index in [2.05, 4.69) is 29.4 Å². The zero-order valence-electron chi connectivity index (χ0n) is 11.5. The van der Waals surface area contributed by atoms with Crippen molar-refractivity contribution in [2.45, 2.75) is 19.2 Å². The Morgan fingerprint density at radius 1 is 1.25 bits per heavy atom. The number of carbonyl (C=O) groups is 1. The topological polar surface area (TPSA) is 42.0 Å². The summed E-state index contributed by atoms with van der Waals surface area (Å²) in [6.45, 7) is 2.63. The number of hydrogen-bond acceptors (Lipinski definition) is 3. The summed E-state index contributed by atoms with van der Waals surface area (Å²) in [6, 6.07) is 12.1. The van der Waals surface area contributed by atoms with E-state index in [1.807, 2.05) is 24.3 Å². The number of nitrogens with one attached hydrogen (secondary N) is 1. The molecule has 1 amide bonds. The van der Waals surface area contributed by atoms with Gasteiger partial charge in [-0.2, -0.15) is 0 Å². The summed E-state index contributed by atoms with van der Waals surface area (Å²) < 4.78 is 0. The molecule has 1 heterocycles. The molecule has 4 heteroatoms. The Labute approximate surface area is 123 Å². The van der Waals surface area contributed by atoms with E-state index in [-0.39, 0.29) is 5.91 Å². The zero-order chi connectivity index (χ0) is 14.2. The van der Waals surface area contributed by atoms with Gasteiger partial charge in [0.05, 0.1) is 5.75 Å². The second-order valence-electron chi connectivity index (χ2n) is 4.56. The summed E-state index contributed by atoms with van der Waals surface area (Å²) in [4.78, 5) is 15.8. The fourth-order valence-corrected chi connectivity index (χ4v) is 2.71. The van der Waals surface area contributed by atoms with Crippen LogP contribution in [0.2, 0.25) is 0 Å². The number of aromatic nitrogens is 1. The monoisotopic (exact) mass is 286 g/mol. The van der Waals surface area contributed by atoms with Gasteiger partial charge < -0.3 is 5.32 Å². The molecule has 0 saturated carbocycles. The lowest BCUT2D eigenvalue weighted by Gasteiger charge is -2.06. The van der Waals surface area contributed by atoms with Crippen molar-refractivity contribution < 1.29 is 4.79 Å². The molecule has 1 N–H and O–H groups in total. The molecular formula is C16H18N2OS. The van der Waals surface area contributed by atoms with Crippen LogP contribution in [0.3, 0.4) is 0 Å². The first kappa shape index (κ1) is 14.6. The van der Waals surface area contributed by atoms with Gasteiger partial charge in [-0.1, -0.05) is 30.3 Å². The molecule has 0 aliphatic heterocycles. The molecule has 1 aromatic carbocycles. The number of thioether (sulfide) groups is 1. The highest BCUT2D eigenvalue weighted by atomic mass is 32.2. The standard InChI is InChI=1S/C16H18N2OS/c1-13-5-2-3-7-15(13)11-20-12-16(19)18-10-14-6-4-8-17-9-14/h2-9H,10-12H2,1H3,(H,18,19). The Morgan fingerprint density at radius 2 is 2.10 bits per heavy atom. The Hall–Kier alpha value is -1.81. The highest BCUT2D eigenvalue weighted by molar-refractivity contribution is 7.99. The van der Waals surface area contributed by atoms with Gasteiger partial charge in [-0.15, -0.1) is 11.8 Å². The van der Waals surface area contributed by atoms with Crippen molar-refractivity contribution in [3.05, 3.63) is 65.5 Å². The number of hydrogen-bond donors (Lipinski definition) is 1. The third-order valence-electron chi connectivity index (χ3n) is 2.96. The molecule has 0 atom stereocenters. The molecule has 2 aromatic rings. The smallest absolute Gasteiger partial charge is 0.230 e. The molecule has 0 spiro atoms. The van der Waals surface area contributed by atoms with Gasteiger partial charge >= 0.3 is 0 Å². The predicted molar refractivity (Wildman–Crippen MR) is 83.4 cm³/mol. The van der Waals surface area contributed by atoms with Gasteiger partial charge in [-0.25, -0.2) is 0 Å². The van der Waals surface area contributed by atoms with Crippen LogP contribution >= 0.6 is 11.8 Å². The van der Waals surface area contributed by atoms with E-state index < -0.39 is 0 Å². The van der Waals surface area contributed by atoms with E-state index in [1.54, 1.807) is 24.2 Å². The summed E-state index contributed by atoms with van der Waals surface area (Å²) in [7, 11) is 0. The maximum atomic E-state index is 11.7. The van der Waals surface area contributed by atoms with Gasteiger partial charge in [0, 0.05) is 24.7 Å². The molecular weight excluding hydrogens is 268 g/mol. The van der Waals surface area contributed by atoms with E-state index >= 15 is 0 Å². The van der Waals surface area contributed by atoms with E-state index in [1.165, 1.54) is 11.1 Å². The van der Waals surface area contributed by atoms with Crippen LogP contribution in [0.1, 0.15) is 16.7 Å². The third kappa shape index (κ3) is 4.70. The normalized spacial score (nSPS) is 10.2. The average Bonchev–Trinajstić information content (AvgIpc) is 2.48. The Bertz CT molecular complexity index is 557. The van der Waals surface area contributed by atoms with Gasteiger partial charge in [-0.05, 0) is 29.7 Å². The fraction of sp³-hybridized carbons (Fsp3) is 0.250. The molecule has 0 aliphatic carbocycles. The van der Waals surface area contributed by atoms with Crippen molar-refractivity contribution in [2.24, 2.45) is 0 Å². The molecule has 20 heavy (non-hydrogen) atoms. The summed E-state index contributed by atoms with van der Waals surface area (Å²) >= 11 is 1.64. The first-order chi connectivity index (χ1) is 9.75.